The molecular formula is C30H28N6O2. The minimum Gasteiger partial charge on any atom is -0.497 e. The van der Waals surface area contributed by atoms with E-state index in [1.807, 2.05) is 84.7 Å². The van der Waals surface area contributed by atoms with Crippen molar-refractivity contribution in [3.8, 4) is 5.75 Å². The predicted octanol–water partition coefficient (Wildman–Crippen LogP) is 5.85. The molecule has 190 valence electrons. The van der Waals surface area contributed by atoms with Crippen LogP contribution in [0.5, 0.6) is 5.75 Å². The zero-order chi connectivity index (χ0) is 26.5. The van der Waals surface area contributed by atoms with Crippen LogP contribution in [-0.4, -0.2) is 30.0 Å². The number of para-hydroxylation sites is 3. The number of fused-ring (bicyclic) bond motifs is 1. The Bertz CT molecular complexity index is 1570. The minimum absolute atomic E-state index is 0.216. The van der Waals surface area contributed by atoms with E-state index in [9.17, 15) is 4.79 Å². The van der Waals surface area contributed by atoms with Gasteiger partial charge in [0.1, 0.15) is 11.6 Å². The van der Waals surface area contributed by atoms with Gasteiger partial charge in [-0.05, 0) is 66.2 Å². The lowest BCUT2D eigenvalue weighted by Crippen LogP contribution is -2.14. The van der Waals surface area contributed by atoms with Gasteiger partial charge >= 0.3 is 0 Å². The first-order valence-corrected chi connectivity index (χ1v) is 12.1. The van der Waals surface area contributed by atoms with Gasteiger partial charge in [0, 0.05) is 30.2 Å². The van der Waals surface area contributed by atoms with Crippen molar-refractivity contribution < 1.29 is 9.53 Å². The number of rotatable bonds is 8. The molecule has 0 unspecified atom stereocenters. The second-order valence-corrected chi connectivity index (χ2v) is 8.74. The molecule has 0 bridgehead atoms. The van der Waals surface area contributed by atoms with E-state index in [1.54, 1.807) is 31.4 Å². The lowest BCUT2D eigenvalue weighted by atomic mass is 10.1. The normalized spacial score (nSPS) is 10.7. The molecule has 8 nitrogen and oxygen atoms in total. The second kappa shape index (κ2) is 10.9. The molecule has 4 N–H and O–H groups in total. The third-order valence-corrected chi connectivity index (χ3v) is 6.24. The molecule has 5 rings (SSSR count). The maximum Gasteiger partial charge on any atom is 0.255 e. The van der Waals surface area contributed by atoms with Crippen molar-refractivity contribution in [1.82, 2.24) is 9.97 Å². The number of carbonyl (C=O) groups is 1. The minimum atomic E-state index is -0.216. The van der Waals surface area contributed by atoms with E-state index in [1.165, 1.54) is 0 Å². The number of nitrogens with one attached hydrogen (secondary N) is 2. The molecule has 1 amide bonds. The highest BCUT2D eigenvalue weighted by Gasteiger charge is 2.14. The molecule has 0 aliphatic rings. The van der Waals surface area contributed by atoms with Gasteiger partial charge in [0.15, 0.2) is 0 Å². The Balaban J connectivity index is 1.32. The van der Waals surface area contributed by atoms with Gasteiger partial charge in [-0.3, -0.25) is 4.79 Å². The zero-order valence-electron chi connectivity index (χ0n) is 21.2. The number of hydrogen-bond acceptors (Lipinski definition) is 7. The highest BCUT2D eigenvalue weighted by Crippen LogP contribution is 2.30. The molecule has 1 heterocycles. The molecule has 0 aliphatic carbocycles. The summed E-state index contributed by atoms with van der Waals surface area (Å²) < 4.78 is 5.29. The first-order valence-electron chi connectivity index (χ1n) is 12.1. The highest BCUT2D eigenvalue weighted by atomic mass is 16.5. The Labute approximate surface area is 221 Å². The zero-order valence-corrected chi connectivity index (χ0v) is 21.2. The fourth-order valence-electron chi connectivity index (χ4n) is 4.08. The topological polar surface area (TPSA) is 105 Å². The van der Waals surface area contributed by atoms with Crippen LogP contribution in [0.25, 0.3) is 10.9 Å². The summed E-state index contributed by atoms with van der Waals surface area (Å²) in [6.07, 6.45) is 0. The number of nitrogen functional groups attached to an aromatic ring is 1. The van der Waals surface area contributed by atoms with Crippen molar-refractivity contribution in [3.05, 3.63) is 108 Å². The number of ether oxygens (including phenoxy) is 1. The van der Waals surface area contributed by atoms with Crippen LogP contribution < -0.4 is 26.0 Å². The summed E-state index contributed by atoms with van der Waals surface area (Å²) in [6.45, 7) is 0.498. The van der Waals surface area contributed by atoms with Gasteiger partial charge in [-0.25, -0.2) is 4.98 Å². The number of aromatic nitrogens is 2. The molecule has 0 saturated carbocycles. The third kappa shape index (κ3) is 5.34. The van der Waals surface area contributed by atoms with E-state index >= 15 is 0 Å². The van der Waals surface area contributed by atoms with Gasteiger partial charge < -0.3 is 26.0 Å². The molecule has 0 saturated heterocycles. The average molecular weight is 505 g/mol. The first-order chi connectivity index (χ1) is 18.5. The van der Waals surface area contributed by atoms with Crippen LogP contribution in [0.4, 0.5) is 28.8 Å². The van der Waals surface area contributed by atoms with Crippen molar-refractivity contribution in [2.45, 2.75) is 6.54 Å². The number of anilines is 5. The van der Waals surface area contributed by atoms with E-state index in [4.69, 9.17) is 20.4 Å². The lowest BCUT2D eigenvalue weighted by molar-refractivity contribution is 0.102. The van der Waals surface area contributed by atoms with E-state index in [2.05, 4.69) is 10.6 Å². The fraction of sp³-hybridized carbons (Fsp3) is 0.100. The Kier molecular flexibility index (Phi) is 7.04. The van der Waals surface area contributed by atoms with Crippen LogP contribution in [-0.2, 0) is 6.54 Å². The number of carbonyl (C=O) groups excluding carboxylic acids is 1. The molecule has 5 aromatic rings. The average Bonchev–Trinajstić information content (AvgIpc) is 2.96. The number of methoxy groups -OCH3 is 1. The molecule has 0 spiro atoms. The third-order valence-electron chi connectivity index (χ3n) is 6.24. The molecular weight excluding hydrogens is 476 g/mol. The fourth-order valence-corrected chi connectivity index (χ4v) is 4.08. The summed E-state index contributed by atoms with van der Waals surface area (Å²) in [5, 5.41) is 7.12. The van der Waals surface area contributed by atoms with Crippen LogP contribution in [0.2, 0.25) is 0 Å². The van der Waals surface area contributed by atoms with Crippen LogP contribution in [0.15, 0.2) is 97.1 Å². The number of benzene rings is 4. The SMILES string of the molecule is COc1ccc(N(C)c2nc(NCc3ccc(C(=O)Nc4ccccc4N)cc3)nc3ccccc23)cc1. The predicted molar refractivity (Wildman–Crippen MR) is 153 cm³/mol. The molecule has 0 atom stereocenters. The smallest absolute Gasteiger partial charge is 0.255 e. The maximum absolute atomic E-state index is 12.6. The number of nitrogens with zero attached hydrogens (tertiary/aromatic N) is 3. The van der Waals surface area contributed by atoms with E-state index in [0.29, 0.717) is 29.4 Å². The second-order valence-electron chi connectivity index (χ2n) is 8.74. The summed E-state index contributed by atoms with van der Waals surface area (Å²) in [7, 11) is 3.63. The van der Waals surface area contributed by atoms with E-state index in [-0.39, 0.29) is 5.91 Å². The van der Waals surface area contributed by atoms with Crippen LogP contribution in [0.1, 0.15) is 15.9 Å². The quantitative estimate of drug-likeness (QED) is 0.228. The van der Waals surface area contributed by atoms with Crippen molar-refractivity contribution in [1.29, 1.82) is 0 Å². The van der Waals surface area contributed by atoms with Crippen LogP contribution >= 0.6 is 0 Å². The summed E-state index contributed by atoms with van der Waals surface area (Å²) in [4.78, 5) is 24.2. The van der Waals surface area contributed by atoms with E-state index < -0.39 is 0 Å². The monoisotopic (exact) mass is 504 g/mol. The Morgan fingerprint density at radius 1 is 0.895 bits per heavy atom. The first kappa shape index (κ1) is 24.6. The summed E-state index contributed by atoms with van der Waals surface area (Å²) in [5.41, 5.74) is 10.4. The molecule has 38 heavy (non-hydrogen) atoms. The Morgan fingerprint density at radius 2 is 1.61 bits per heavy atom. The number of nitrogens with two attached hydrogens (primary N) is 1. The highest BCUT2D eigenvalue weighted by molar-refractivity contribution is 6.05. The largest absolute Gasteiger partial charge is 0.497 e. The number of amides is 1. The van der Waals surface area contributed by atoms with Gasteiger partial charge in [-0.15, -0.1) is 0 Å². The molecule has 0 radical (unpaired) electrons. The number of hydrogen-bond donors (Lipinski definition) is 3. The molecule has 1 aromatic heterocycles. The van der Waals surface area contributed by atoms with Gasteiger partial charge in [-0.1, -0.05) is 36.4 Å². The van der Waals surface area contributed by atoms with E-state index in [0.717, 1.165) is 33.7 Å². The van der Waals surface area contributed by atoms with Crippen LogP contribution in [0, 0.1) is 0 Å². The van der Waals surface area contributed by atoms with Gasteiger partial charge in [0.2, 0.25) is 5.95 Å². The standard InChI is InChI=1S/C30H28N6O2/c1-36(22-15-17-23(38-2)18-16-22)28-24-7-3-5-9-26(24)34-30(35-28)32-19-20-11-13-21(14-12-20)29(37)33-27-10-6-4-8-25(27)31/h3-18H,19,31H2,1-2H3,(H,33,37)(H,32,34,35). The lowest BCUT2D eigenvalue weighted by Gasteiger charge is -2.21. The van der Waals surface area contributed by atoms with Crippen LogP contribution in [0.3, 0.4) is 0 Å². The maximum atomic E-state index is 12.6. The van der Waals surface area contributed by atoms with Crippen molar-refractivity contribution in [3.63, 3.8) is 0 Å². The van der Waals surface area contributed by atoms with Gasteiger partial charge in [0.05, 0.1) is 24.0 Å². The summed E-state index contributed by atoms with van der Waals surface area (Å²) >= 11 is 0. The Morgan fingerprint density at radius 3 is 2.34 bits per heavy atom. The molecule has 0 aliphatic heterocycles. The molecule has 0 fully saturated rings. The van der Waals surface area contributed by atoms with Gasteiger partial charge in [-0.2, -0.15) is 4.98 Å². The Hall–Kier alpha value is -5.11. The van der Waals surface area contributed by atoms with Gasteiger partial charge in [0.25, 0.3) is 5.91 Å². The van der Waals surface area contributed by atoms with Crippen molar-refractivity contribution in [2.24, 2.45) is 0 Å². The summed E-state index contributed by atoms with van der Waals surface area (Å²) in [6, 6.07) is 30.3. The molecule has 8 heteroatoms. The molecule has 4 aromatic carbocycles. The van der Waals surface area contributed by atoms with Crippen molar-refractivity contribution >= 4 is 45.6 Å². The summed E-state index contributed by atoms with van der Waals surface area (Å²) in [5.74, 6) is 1.88. The van der Waals surface area contributed by atoms with Crippen molar-refractivity contribution in [2.75, 3.05) is 35.4 Å².